The second-order valence-corrected chi connectivity index (χ2v) is 9.57. The van der Waals surface area contributed by atoms with Gasteiger partial charge in [-0.2, -0.15) is 0 Å². The average molecular weight is 548 g/mol. The van der Waals surface area contributed by atoms with Gasteiger partial charge in [0.25, 0.3) is 17.1 Å². The zero-order chi connectivity index (χ0) is 24.9. The van der Waals surface area contributed by atoms with Crippen molar-refractivity contribution in [3.05, 3.63) is 97.8 Å². The molecule has 10 heteroatoms. The van der Waals surface area contributed by atoms with Crippen LogP contribution >= 0.6 is 46.6 Å². The molecule has 178 valence electrons. The molecule has 1 saturated heterocycles. The Balaban J connectivity index is 1.42. The molecule has 3 aromatic rings. The van der Waals surface area contributed by atoms with E-state index >= 15 is 0 Å². The lowest BCUT2D eigenvalue weighted by atomic mass is 10.2. The molecule has 0 unspecified atom stereocenters. The average Bonchev–Trinajstić information content (AvgIpc) is 3.09. The molecule has 3 aromatic carbocycles. The van der Waals surface area contributed by atoms with Gasteiger partial charge in [-0.15, -0.1) is 0 Å². The van der Waals surface area contributed by atoms with E-state index in [1.807, 2.05) is 0 Å². The fraction of sp³-hybridized carbons (Fsp3) is 0.0800. The van der Waals surface area contributed by atoms with Gasteiger partial charge in [0.1, 0.15) is 5.75 Å². The van der Waals surface area contributed by atoms with Gasteiger partial charge in [-0.1, -0.05) is 65.1 Å². The van der Waals surface area contributed by atoms with Crippen molar-refractivity contribution >= 4 is 75.4 Å². The maximum absolute atomic E-state index is 12.9. The number of amides is 3. The van der Waals surface area contributed by atoms with E-state index in [-0.39, 0.29) is 24.0 Å². The Kier molecular flexibility index (Phi) is 8.03. The Morgan fingerprint density at radius 3 is 2.37 bits per heavy atom. The van der Waals surface area contributed by atoms with Gasteiger partial charge in [-0.3, -0.25) is 19.3 Å². The minimum absolute atomic E-state index is 0.0236. The number of imide groups is 1. The van der Waals surface area contributed by atoms with Crippen LogP contribution in [-0.2, 0) is 16.1 Å². The molecule has 6 nitrogen and oxygen atoms in total. The highest BCUT2D eigenvalue weighted by Crippen LogP contribution is 2.36. The molecule has 4 rings (SSSR count). The number of nitrogens with zero attached hydrogens (tertiary/aromatic N) is 1. The molecule has 0 atom stereocenters. The summed E-state index contributed by atoms with van der Waals surface area (Å²) >= 11 is 19.3. The topological polar surface area (TPSA) is 75.7 Å². The highest BCUT2D eigenvalue weighted by Gasteiger charge is 2.35. The molecule has 1 aliphatic rings. The number of ether oxygens (including phenoxy) is 1. The van der Waals surface area contributed by atoms with Crippen molar-refractivity contribution in [2.45, 2.75) is 6.54 Å². The summed E-state index contributed by atoms with van der Waals surface area (Å²) in [6.07, 6.45) is 1.59. The highest BCUT2D eigenvalue weighted by atomic mass is 35.5. The molecule has 1 fully saturated rings. The zero-order valence-corrected chi connectivity index (χ0v) is 21.0. The summed E-state index contributed by atoms with van der Waals surface area (Å²) in [6.45, 7) is -0.256. The molecule has 0 aliphatic carbocycles. The van der Waals surface area contributed by atoms with Gasteiger partial charge in [0, 0.05) is 15.6 Å². The quantitative estimate of drug-likeness (QED) is 0.326. The first-order valence-electron chi connectivity index (χ1n) is 10.3. The second-order valence-electron chi connectivity index (χ2n) is 7.36. The van der Waals surface area contributed by atoms with E-state index in [2.05, 4.69) is 5.32 Å². The lowest BCUT2D eigenvalue weighted by Crippen LogP contribution is -2.27. The summed E-state index contributed by atoms with van der Waals surface area (Å²) in [5.74, 6) is -0.389. The van der Waals surface area contributed by atoms with E-state index < -0.39 is 11.1 Å². The predicted molar refractivity (Wildman–Crippen MR) is 140 cm³/mol. The lowest BCUT2D eigenvalue weighted by Gasteiger charge is -2.14. The molecule has 0 radical (unpaired) electrons. The van der Waals surface area contributed by atoms with Crippen LogP contribution in [0.3, 0.4) is 0 Å². The first-order chi connectivity index (χ1) is 16.8. The number of hydrogen-bond acceptors (Lipinski definition) is 5. The van der Waals surface area contributed by atoms with Crippen LogP contribution in [0.2, 0.25) is 15.1 Å². The summed E-state index contributed by atoms with van der Waals surface area (Å²) in [6, 6.07) is 18.7. The van der Waals surface area contributed by atoms with Gasteiger partial charge in [-0.05, 0) is 59.8 Å². The van der Waals surface area contributed by atoms with Crippen molar-refractivity contribution in [1.29, 1.82) is 0 Å². The Labute approximate surface area is 220 Å². The maximum atomic E-state index is 12.9. The Bertz CT molecular complexity index is 1330. The number of para-hydroxylation sites is 1. The molecule has 1 N–H and O–H groups in total. The molecule has 0 spiro atoms. The molecule has 0 saturated carbocycles. The number of anilines is 1. The third-order valence-electron chi connectivity index (χ3n) is 4.93. The van der Waals surface area contributed by atoms with Crippen LogP contribution in [0.4, 0.5) is 10.5 Å². The van der Waals surface area contributed by atoms with Gasteiger partial charge >= 0.3 is 0 Å². The van der Waals surface area contributed by atoms with E-state index in [1.165, 1.54) is 0 Å². The van der Waals surface area contributed by atoms with Crippen molar-refractivity contribution in [3.8, 4) is 5.75 Å². The fourth-order valence-electron chi connectivity index (χ4n) is 3.22. The summed E-state index contributed by atoms with van der Waals surface area (Å²) < 4.78 is 5.58. The van der Waals surface area contributed by atoms with Crippen LogP contribution < -0.4 is 10.1 Å². The largest absolute Gasteiger partial charge is 0.484 e. The molecular formula is C25H17Cl3N2O4S. The first kappa shape index (κ1) is 25.1. The van der Waals surface area contributed by atoms with Crippen molar-refractivity contribution in [3.63, 3.8) is 0 Å². The number of nitrogens with one attached hydrogen (secondary N) is 1. The number of halogens is 3. The third kappa shape index (κ3) is 6.18. The van der Waals surface area contributed by atoms with Crippen molar-refractivity contribution in [2.75, 3.05) is 11.9 Å². The number of carbonyl (C=O) groups is 3. The minimum atomic E-state index is -0.443. The number of carbonyl (C=O) groups excluding carboxylic acids is 3. The number of thioether (sulfide) groups is 1. The molecule has 35 heavy (non-hydrogen) atoms. The number of hydrogen-bond donors (Lipinski definition) is 1. The van der Waals surface area contributed by atoms with Gasteiger partial charge in [0.05, 0.1) is 22.2 Å². The van der Waals surface area contributed by atoms with Crippen molar-refractivity contribution < 1.29 is 19.1 Å². The van der Waals surface area contributed by atoms with E-state index in [1.54, 1.807) is 72.8 Å². The van der Waals surface area contributed by atoms with Crippen LogP contribution in [0.1, 0.15) is 11.1 Å². The van der Waals surface area contributed by atoms with E-state index in [0.717, 1.165) is 16.7 Å². The van der Waals surface area contributed by atoms with E-state index in [0.29, 0.717) is 37.6 Å². The normalized spacial score (nSPS) is 14.5. The van der Waals surface area contributed by atoms with Crippen molar-refractivity contribution in [1.82, 2.24) is 4.90 Å². The highest BCUT2D eigenvalue weighted by molar-refractivity contribution is 8.18. The van der Waals surface area contributed by atoms with E-state index in [4.69, 9.17) is 39.5 Å². The molecule has 1 heterocycles. The zero-order valence-electron chi connectivity index (χ0n) is 18.0. The standard InChI is InChI=1S/C25H17Cl3N2O4S/c26-18-8-4-9-19(27)17(18)13-30-24(32)22(35-25(30)33)12-15-5-3-6-16(11-15)34-14-23(31)29-21-10-2-1-7-20(21)28/h1-12H,13-14H2,(H,29,31)/b22-12-. The molecular weight excluding hydrogens is 531 g/mol. The summed E-state index contributed by atoms with van der Waals surface area (Å²) in [5.41, 5.74) is 1.63. The minimum Gasteiger partial charge on any atom is -0.484 e. The summed E-state index contributed by atoms with van der Waals surface area (Å²) in [5, 5.41) is 3.45. The lowest BCUT2D eigenvalue weighted by molar-refractivity contribution is -0.123. The molecule has 3 amide bonds. The van der Waals surface area contributed by atoms with Gasteiger partial charge in [0.2, 0.25) is 0 Å². The molecule has 0 bridgehead atoms. The van der Waals surface area contributed by atoms with Crippen LogP contribution in [0.5, 0.6) is 5.75 Å². The molecule has 1 aliphatic heterocycles. The monoisotopic (exact) mass is 546 g/mol. The maximum Gasteiger partial charge on any atom is 0.293 e. The summed E-state index contributed by atoms with van der Waals surface area (Å²) in [4.78, 5) is 38.9. The van der Waals surface area contributed by atoms with Gasteiger partial charge in [-0.25, -0.2) is 0 Å². The molecule has 0 aromatic heterocycles. The van der Waals surface area contributed by atoms with Gasteiger partial charge in [0.15, 0.2) is 6.61 Å². The Morgan fingerprint density at radius 1 is 0.943 bits per heavy atom. The number of benzene rings is 3. The predicted octanol–water partition coefficient (Wildman–Crippen LogP) is 6.90. The fourth-order valence-corrected chi connectivity index (χ4v) is 4.76. The Hall–Kier alpha value is -2.97. The summed E-state index contributed by atoms with van der Waals surface area (Å²) in [7, 11) is 0. The number of rotatable bonds is 7. The first-order valence-corrected chi connectivity index (χ1v) is 12.2. The third-order valence-corrected chi connectivity index (χ3v) is 6.87. The van der Waals surface area contributed by atoms with Crippen molar-refractivity contribution in [2.24, 2.45) is 0 Å². The second kappa shape index (κ2) is 11.2. The van der Waals surface area contributed by atoms with Gasteiger partial charge < -0.3 is 10.1 Å². The smallest absolute Gasteiger partial charge is 0.293 e. The van der Waals surface area contributed by atoms with Crippen LogP contribution in [0.15, 0.2) is 71.6 Å². The van der Waals surface area contributed by atoms with Crippen LogP contribution in [-0.4, -0.2) is 28.6 Å². The Morgan fingerprint density at radius 2 is 1.63 bits per heavy atom. The van der Waals surface area contributed by atoms with Crippen LogP contribution in [0.25, 0.3) is 6.08 Å². The van der Waals surface area contributed by atoms with Crippen LogP contribution in [0, 0.1) is 0 Å². The van der Waals surface area contributed by atoms with E-state index in [9.17, 15) is 14.4 Å². The SMILES string of the molecule is O=C(COc1cccc(/C=C2\SC(=O)N(Cc3c(Cl)cccc3Cl)C2=O)c1)Nc1ccccc1Cl.